The summed E-state index contributed by atoms with van der Waals surface area (Å²) in [6, 6.07) is 4.01. The molecule has 9 heteroatoms. The van der Waals surface area contributed by atoms with Crippen molar-refractivity contribution in [2.24, 2.45) is 0 Å². The zero-order valence-corrected chi connectivity index (χ0v) is 13.9. The minimum Gasteiger partial charge on any atom is -0.302 e. The van der Waals surface area contributed by atoms with Crippen LogP contribution in [0.3, 0.4) is 0 Å². The molecule has 22 heavy (non-hydrogen) atoms. The monoisotopic (exact) mass is 362 g/mol. The summed E-state index contributed by atoms with van der Waals surface area (Å²) in [7, 11) is -3.64. The molecule has 0 unspecified atom stereocenters. The highest BCUT2D eigenvalue weighted by Crippen LogP contribution is 2.24. The zero-order valence-electron chi connectivity index (χ0n) is 11.5. The highest BCUT2D eigenvalue weighted by molar-refractivity contribution is 7.89. The summed E-state index contributed by atoms with van der Waals surface area (Å²) < 4.78 is 38.0. The number of anilines is 1. The van der Waals surface area contributed by atoms with Gasteiger partial charge in [0.05, 0.1) is 17.2 Å². The number of amides is 1. The Kier molecular flexibility index (Phi) is 5.15. The Bertz CT molecular complexity index is 785. The highest BCUT2D eigenvalue weighted by Gasteiger charge is 2.19. The van der Waals surface area contributed by atoms with Gasteiger partial charge >= 0.3 is 0 Å². The van der Waals surface area contributed by atoms with Crippen molar-refractivity contribution in [3.8, 4) is 0 Å². The van der Waals surface area contributed by atoms with E-state index in [9.17, 15) is 17.6 Å². The molecule has 0 fully saturated rings. The molecule has 0 aliphatic heterocycles. The molecule has 0 radical (unpaired) electrons. The molecule has 0 saturated carbocycles. The van der Waals surface area contributed by atoms with Crippen LogP contribution in [0.15, 0.2) is 23.6 Å². The number of nitrogens with zero attached hydrogens (tertiary/aromatic N) is 1. The van der Waals surface area contributed by atoms with Gasteiger partial charge in [-0.15, -0.1) is 11.3 Å². The third-order valence-electron chi connectivity index (χ3n) is 2.63. The van der Waals surface area contributed by atoms with Crippen LogP contribution in [0.2, 0.25) is 5.02 Å². The van der Waals surface area contributed by atoms with Gasteiger partial charge in [0.2, 0.25) is 5.91 Å². The average molecular weight is 363 g/mol. The smallest absolute Gasteiger partial charge is 0.223 e. The number of hydrogen-bond donors (Lipinski definition) is 1. The molecular formula is C13H12ClFN2O3S2. The molecule has 1 aromatic heterocycles. The van der Waals surface area contributed by atoms with Crippen LogP contribution in [0.5, 0.6) is 0 Å². The molecule has 0 saturated heterocycles. The van der Waals surface area contributed by atoms with Gasteiger partial charge in [-0.1, -0.05) is 17.7 Å². The lowest BCUT2D eigenvalue weighted by Crippen LogP contribution is -2.10. The van der Waals surface area contributed by atoms with Gasteiger partial charge in [-0.2, -0.15) is 0 Å². The maximum atomic E-state index is 13.7. The van der Waals surface area contributed by atoms with E-state index in [1.807, 2.05) is 0 Å². The molecule has 0 bridgehead atoms. The summed E-state index contributed by atoms with van der Waals surface area (Å²) in [4.78, 5) is 14.9. The first-order valence-corrected chi connectivity index (χ1v) is 9.20. The SMILES string of the molecule is CC(=O)Nc1nc(CS(=O)(=O)Cc2c(F)cccc2Cl)cs1. The van der Waals surface area contributed by atoms with Crippen LogP contribution in [-0.4, -0.2) is 19.3 Å². The van der Waals surface area contributed by atoms with Crippen LogP contribution in [0, 0.1) is 5.82 Å². The Hall–Kier alpha value is -1.51. The molecule has 0 aliphatic carbocycles. The van der Waals surface area contributed by atoms with E-state index >= 15 is 0 Å². The number of thiazole rings is 1. The first kappa shape index (κ1) is 16.9. The minimum atomic E-state index is -3.64. The molecule has 1 heterocycles. The first-order valence-electron chi connectivity index (χ1n) is 6.12. The molecule has 2 aromatic rings. The van der Waals surface area contributed by atoms with Crippen molar-refractivity contribution in [2.75, 3.05) is 5.32 Å². The average Bonchev–Trinajstić information content (AvgIpc) is 2.79. The third-order valence-corrected chi connectivity index (χ3v) is 5.25. The number of sulfone groups is 1. The lowest BCUT2D eigenvalue weighted by molar-refractivity contribution is -0.114. The molecule has 0 spiro atoms. The maximum absolute atomic E-state index is 13.7. The highest BCUT2D eigenvalue weighted by atomic mass is 35.5. The van der Waals surface area contributed by atoms with Gasteiger partial charge in [-0.25, -0.2) is 17.8 Å². The number of nitrogens with one attached hydrogen (secondary N) is 1. The Morgan fingerprint density at radius 1 is 1.41 bits per heavy atom. The number of aromatic nitrogens is 1. The van der Waals surface area contributed by atoms with Gasteiger partial charge in [0.1, 0.15) is 5.82 Å². The van der Waals surface area contributed by atoms with Crippen LogP contribution >= 0.6 is 22.9 Å². The molecular weight excluding hydrogens is 351 g/mol. The number of rotatable bonds is 5. The maximum Gasteiger partial charge on any atom is 0.223 e. The second-order valence-corrected chi connectivity index (χ2v) is 7.89. The van der Waals surface area contributed by atoms with E-state index in [1.54, 1.807) is 0 Å². The molecule has 118 valence electrons. The number of halogens is 2. The third kappa shape index (κ3) is 4.49. The van der Waals surface area contributed by atoms with Crippen LogP contribution in [0.4, 0.5) is 9.52 Å². The zero-order chi connectivity index (χ0) is 16.3. The Morgan fingerprint density at radius 2 is 2.14 bits per heavy atom. The number of benzene rings is 1. The predicted octanol–water partition coefficient (Wildman–Crippen LogP) is 3.01. The Balaban J connectivity index is 2.14. The fraction of sp³-hybridized carbons (Fsp3) is 0.231. The van der Waals surface area contributed by atoms with Gasteiger partial charge in [0.15, 0.2) is 15.0 Å². The molecule has 2 rings (SSSR count). The molecule has 0 aliphatic rings. The normalized spacial score (nSPS) is 11.4. The summed E-state index contributed by atoms with van der Waals surface area (Å²) >= 11 is 6.96. The van der Waals surface area contributed by atoms with Crippen LogP contribution in [0.25, 0.3) is 0 Å². The van der Waals surface area contributed by atoms with E-state index in [1.165, 1.54) is 24.4 Å². The fourth-order valence-electron chi connectivity index (χ4n) is 1.75. The van der Waals surface area contributed by atoms with Gasteiger partial charge in [-0.05, 0) is 12.1 Å². The molecule has 1 amide bonds. The molecule has 1 N–H and O–H groups in total. The molecule has 5 nitrogen and oxygen atoms in total. The van der Waals surface area contributed by atoms with Crippen molar-refractivity contribution >= 4 is 43.8 Å². The summed E-state index contributed by atoms with van der Waals surface area (Å²) in [5.41, 5.74) is 0.239. The topological polar surface area (TPSA) is 76.1 Å². The van der Waals surface area contributed by atoms with Crippen molar-refractivity contribution in [3.05, 3.63) is 45.7 Å². The van der Waals surface area contributed by atoms with Gasteiger partial charge in [-0.3, -0.25) is 4.79 Å². The molecule has 0 atom stereocenters. The van der Waals surface area contributed by atoms with E-state index in [-0.39, 0.29) is 22.2 Å². The molecule has 1 aromatic carbocycles. The van der Waals surface area contributed by atoms with Crippen LogP contribution in [-0.2, 0) is 26.1 Å². The van der Waals surface area contributed by atoms with Crippen molar-refractivity contribution in [1.82, 2.24) is 4.98 Å². The number of carbonyl (C=O) groups excluding carboxylic acids is 1. The quantitative estimate of drug-likeness (QED) is 0.887. The Labute approximate surface area is 136 Å². The minimum absolute atomic E-state index is 0.0542. The summed E-state index contributed by atoms with van der Waals surface area (Å²) in [5.74, 6) is -1.81. The summed E-state index contributed by atoms with van der Waals surface area (Å²) in [6.45, 7) is 1.33. The van der Waals surface area contributed by atoms with Crippen molar-refractivity contribution < 1.29 is 17.6 Å². The lowest BCUT2D eigenvalue weighted by Gasteiger charge is -2.06. The van der Waals surface area contributed by atoms with E-state index in [4.69, 9.17) is 11.6 Å². The van der Waals surface area contributed by atoms with E-state index in [0.717, 1.165) is 17.4 Å². The van der Waals surface area contributed by atoms with E-state index < -0.39 is 21.4 Å². The second kappa shape index (κ2) is 6.72. The number of carbonyl (C=O) groups is 1. The summed E-state index contributed by atoms with van der Waals surface area (Å²) in [6.07, 6.45) is 0. The fourth-order valence-corrected chi connectivity index (χ4v) is 4.35. The largest absolute Gasteiger partial charge is 0.302 e. The van der Waals surface area contributed by atoms with Gasteiger partial charge < -0.3 is 5.32 Å². The first-order chi connectivity index (χ1) is 10.3. The van der Waals surface area contributed by atoms with Crippen molar-refractivity contribution in [1.29, 1.82) is 0 Å². The van der Waals surface area contributed by atoms with Crippen molar-refractivity contribution in [2.45, 2.75) is 18.4 Å². The standard InChI is InChI=1S/C13H12ClFN2O3S2/c1-8(18)16-13-17-9(5-21-13)6-22(19,20)7-10-11(14)3-2-4-12(10)15/h2-5H,6-7H2,1H3,(H,16,17,18). The van der Waals surface area contributed by atoms with E-state index in [0.29, 0.717) is 10.8 Å². The Morgan fingerprint density at radius 3 is 2.77 bits per heavy atom. The second-order valence-electron chi connectivity index (χ2n) is 4.56. The van der Waals surface area contributed by atoms with Crippen LogP contribution in [0.1, 0.15) is 18.2 Å². The van der Waals surface area contributed by atoms with Crippen LogP contribution < -0.4 is 5.32 Å². The lowest BCUT2D eigenvalue weighted by atomic mass is 10.2. The number of hydrogen-bond acceptors (Lipinski definition) is 5. The van der Waals surface area contributed by atoms with Crippen molar-refractivity contribution in [3.63, 3.8) is 0 Å². The van der Waals surface area contributed by atoms with E-state index in [2.05, 4.69) is 10.3 Å². The van der Waals surface area contributed by atoms with Gasteiger partial charge in [0.25, 0.3) is 0 Å². The predicted molar refractivity (Wildman–Crippen MR) is 84.2 cm³/mol. The summed E-state index contributed by atoms with van der Waals surface area (Å²) in [5, 5.41) is 4.40. The van der Waals surface area contributed by atoms with Gasteiger partial charge in [0, 0.05) is 22.9 Å².